The Morgan fingerprint density at radius 1 is 0.935 bits per heavy atom. The maximum atomic E-state index is 10.0. The summed E-state index contributed by atoms with van der Waals surface area (Å²) in [5.41, 5.74) is 5.16. The van der Waals surface area contributed by atoms with Crippen LogP contribution in [0.5, 0.6) is 0 Å². The van der Waals surface area contributed by atoms with Crippen molar-refractivity contribution < 1.29 is 9.90 Å². The molecule has 0 fully saturated rings. The van der Waals surface area contributed by atoms with Gasteiger partial charge in [-0.25, -0.2) is 0 Å². The lowest BCUT2D eigenvalue weighted by Crippen LogP contribution is -2.22. The molecule has 1 N–H and O–H groups in total. The number of hydrogen-bond donors (Lipinski definition) is 1. The van der Waals surface area contributed by atoms with Gasteiger partial charge in [-0.2, -0.15) is 4.57 Å². The zero-order chi connectivity index (χ0) is 21.4. The second-order valence-electron chi connectivity index (χ2n) is 7.65. The van der Waals surface area contributed by atoms with E-state index < -0.39 is 6.10 Å². The van der Waals surface area contributed by atoms with Crippen molar-refractivity contribution in [3.63, 3.8) is 0 Å². The van der Waals surface area contributed by atoms with Gasteiger partial charge in [-0.15, -0.1) is 0 Å². The minimum Gasteiger partial charge on any atom is -0.389 e. The van der Waals surface area contributed by atoms with Crippen molar-refractivity contribution >= 4 is 38.1 Å². The average Bonchev–Trinajstić information content (AvgIpc) is 3.27. The van der Waals surface area contributed by atoms with Gasteiger partial charge in [0.1, 0.15) is 12.1 Å². The van der Waals surface area contributed by atoms with E-state index in [1.54, 1.807) is 18.3 Å². The summed E-state index contributed by atoms with van der Waals surface area (Å²) in [6, 6.07) is 26.7. The normalized spacial score (nSPS) is 12.2. The standard InChI is InChI=1S/C25H23N4OS/c1-17(30)16-29-21-14-8-9-15-22(21)31-25(29)27-26-23-19-12-6-7-13-20(19)28(2)24(23)18-10-4-3-5-11-18/h3-15,17,30H,16H2,1-2H3/q+1. The van der Waals surface area contributed by atoms with Crippen molar-refractivity contribution in [3.05, 3.63) is 83.7 Å². The number of para-hydroxylation sites is 2. The van der Waals surface area contributed by atoms with E-state index in [0.717, 1.165) is 42.9 Å². The maximum Gasteiger partial charge on any atom is 0.465 e. The number of benzene rings is 3. The molecule has 2 aromatic heterocycles. The van der Waals surface area contributed by atoms with Gasteiger partial charge in [0.15, 0.2) is 5.69 Å². The van der Waals surface area contributed by atoms with Gasteiger partial charge in [-0.05, 0) is 36.5 Å². The summed E-state index contributed by atoms with van der Waals surface area (Å²) in [6.07, 6.45) is -0.477. The third kappa shape index (κ3) is 3.51. The van der Waals surface area contributed by atoms with Gasteiger partial charge in [-0.1, -0.05) is 65.5 Å². The molecular formula is C25H23N4OS+. The number of aliphatic hydroxyl groups excluding tert-OH is 1. The average molecular weight is 428 g/mol. The number of aromatic nitrogens is 2. The Kier molecular flexibility index (Phi) is 5.04. The fourth-order valence-electron chi connectivity index (χ4n) is 4.03. The Hall–Kier alpha value is -3.44. The summed E-state index contributed by atoms with van der Waals surface area (Å²) in [6.45, 7) is 2.26. The van der Waals surface area contributed by atoms with Gasteiger partial charge >= 0.3 is 4.80 Å². The molecule has 0 radical (unpaired) electrons. The Morgan fingerprint density at radius 3 is 2.39 bits per heavy atom. The quantitative estimate of drug-likeness (QED) is 0.314. The van der Waals surface area contributed by atoms with Gasteiger partial charge in [0.2, 0.25) is 0 Å². The Balaban J connectivity index is 1.82. The van der Waals surface area contributed by atoms with Crippen molar-refractivity contribution in [3.8, 4) is 11.3 Å². The molecule has 0 saturated carbocycles. The Bertz CT molecular complexity index is 1480. The van der Waals surface area contributed by atoms with E-state index in [2.05, 4.69) is 48.0 Å². The first kappa shape index (κ1) is 19.5. The van der Waals surface area contributed by atoms with E-state index in [-0.39, 0.29) is 0 Å². The molecule has 6 heteroatoms. The SMILES string of the molecule is CC(O)Cn1c(=[N+]=Nc2c(-c3ccccc3)n(C)c3ccccc23)sc2ccccc21. The number of fused-ring (bicyclic) bond motifs is 2. The largest absolute Gasteiger partial charge is 0.465 e. The summed E-state index contributed by atoms with van der Waals surface area (Å²) in [5.74, 6) is 0. The molecule has 31 heavy (non-hydrogen) atoms. The van der Waals surface area contributed by atoms with Crippen LogP contribution in [0.4, 0.5) is 5.69 Å². The second-order valence-corrected chi connectivity index (χ2v) is 8.66. The highest BCUT2D eigenvalue weighted by molar-refractivity contribution is 7.16. The summed E-state index contributed by atoms with van der Waals surface area (Å²) >= 11 is 1.58. The van der Waals surface area contributed by atoms with Crippen LogP contribution >= 0.6 is 11.3 Å². The molecule has 0 aliphatic rings. The monoisotopic (exact) mass is 427 g/mol. The Morgan fingerprint density at radius 2 is 1.61 bits per heavy atom. The number of hydrogen-bond acceptors (Lipinski definition) is 3. The molecular weight excluding hydrogens is 404 g/mol. The number of thiazole rings is 1. The smallest absolute Gasteiger partial charge is 0.389 e. The maximum absolute atomic E-state index is 10.0. The molecule has 154 valence electrons. The van der Waals surface area contributed by atoms with Crippen molar-refractivity contribution in [1.29, 1.82) is 0 Å². The van der Waals surface area contributed by atoms with Gasteiger partial charge in [-0.3, -0.25) is 0 Å². The van der Waals surface area contributed by atoms with Crippen LogP contribution in [0.1, 0.15) is 6.92 Å². The van der Waals surface area contributed by atoms with E-state index in [1.165, 1.54) is 0 Å². The van der Waals surface area contributed by atoms with Crippen molar-refractivity contribution in [2.75, 3.05) is 0 Å². The fraction of sp³-hybridized carbons (Fsp3) is 0.160. The molecule has 0 aliphatic carbocycles. The molecule has 5 rings (SSSR count). The first-order valence-corrected chi connectivity index (χ1v) is 11.1. The van der Waals surface area contributed by atoms with Crippen molar-refractivity contribution in [2.24, 2.45) is 12.2 Å². The van der Waals surface area contributed by atoms with Crippen LogP contribution in [0.25, 0.3) is 32.4 Å². The first-order valence-electron chi connectivity index (χ1n) is 10.3. The predicted octanol–water partition coefficient (Wildman–Crippen LogP) is 5.14. The lowest BCUT2D eigenvalue weighted by Gasteiger charge is -2.04. The van der Waals surface area contributed by atoms with Crippen LogP contribution in [0.3, 0.4) is 0 Å². The Labute approximate surface area is 183 Å². The van der Waals surface area contributed by atoms with Crippen LogP contribution in [-0.4, -0.2) is 25.1 Å². The molecule has 5 nitrogen and oxygen atoms in total. The zero-order valence-corrected chi connectivity index (χ0v) is 18.3. The molecule has 5 aromatic rings. The number of aryl methyl sites for hydroxylation is 1. The molecule has 1 atom stereocenters. The van der Waals surface area contributed by atoms with E-state index in [1.807, 2.05) is 47.0 Å². The number of aliphatic hydroxyl groups is 1. The van der Waals surface area contributed by atoms with Gasteiger partial charge in [0.05, 0.1) is 22.0 Å². The van der Waals surface area contributed by atoms with Crippen LogP contribution in [0.2, 0.25) is 0 Å². The van der Waals surface area contributed by atoms with Crippen molar-refractivity contribution in [1.82, 2.24) is 9.13 Å². The topological polar surface area (TPSA) is 56.6 Å². The zero-order valence-electron chi connectivity index (χ0n) is 17.4. The van der Waals surface area contributed by atoms with E-state index in [0.29, 0.717) is 6.54 Å². The summed E-state index contributed by atoms with van der Waals surface area (Å²) in [5, 5.41) is 15.9. The van der Waals surface area contributed by atoms with Crippen LogP contribution in [0.15, 0.2) is 84.0 Å². The molecule has 3 aromatic carbocycles. The predicted molar refractivity (Wildman–Crippen MR) is 125 cm³/mol. The summed E-state index contributed by atoms with van der Waals surface area (Å²) < 4.78 is 5.34. The fourth-order valence-corrected chi connectivity index (χ4v) is 5.02. The van der Waals surface area contributed by atoms with Gasteiger partial charge in [0.25, 0.3) is 0 Å². The molecule has 0 amide bonds. The molecule has 0 aliphatic heterocycles. The number of nitrogens with zero attached hydrogens (tertiary/aromatic N) is 4. The minimum absolute atomic E-state index is 0.472. The number of rotatable bonds is 4. The van der Waals surface area contributed by atoms with Crippen LogP contribution < -0.4 is 4.80 Å². The lowest BCUT2D eigenvalue weighted by atomic mass is 10.1. The third-order valence-corrected chi connectivity index (χ3v) is 6.45. The van der Waals surface area contributed by atoms with E-state index in [9.17, 15) is 5.11 Å². The van der Waals surface area contributed by atoms with Gasteiger partial charge < -0.3 is 9.67 Å². The molecule has 0 bridgehead atoms. The van der Waals surface area contributed by atoms with Gasteiger partial charge in [0, 0.05) is 23.1 Å². The third-order valence-electron chi connectivity index (χ3n) is 5.40. The minimum atomic E-state index is -0.477. The summed E-state index contributed by atoms with van der Waals surface area (Å²) in [4.78, 5) is 5.47. The highest BCUT2D eigenvalue weighted by Gasteiger charge is 2.19. The van der Waals surface area contributed by atoms with E-state index >= 15 is 0 Å². The van der Waals surface area contributed by atoms with Crippen LogP contribution in [-0.2, 0) is 13.6 Å². The highest BCUT2D eigenvalue weighted by atomic mass is 32.1. The van der Waals surface area contributed by atoms with E-state index in [4.69, 9.17) is 9.90 Å². The molecule has 0 saturated heterocycles. The second kappa shape index (κ2) is 8.00. The highest BCUT2D eigenvalue weighted by Crippen LogP contribution is 2.39. The first-order chi connectivity index (χ1) is 15.1. The van der Waals surface area contributed by atoms with Crippen molar-refractivity contribution in [2.45, 2.75) is 19.6 Å². The lowest BCUT2D eigenvalue weighted by molar-refractivity contribution is -0.136. The molecule has 1 unspecified atom stereocenters. The molecule has 0 spiro atoms. The van der Waals surface area contributed by atoms with Crippen LogP contribution in [0, 0.1) is 0 Å². The summed E-state index contributed by atoms with van der Waals surface area (Å²) in [7, 11) is 2.07. The molecule has 2 heterocycles.